The van der Waals surface area contributed by atoms with Crippen LogP contribution in [0.5, 0.6) is 0 Å². The summed E-state index contributed by atoms with van der Waals surface area (Å²) in [6, 6.07) is 0. The lowest BCUT2D eigenvalue weighted by atomic mass is 10.1. The fourth-order valence-corrected chi connectivity index (χ4v) is 3.90. The number of anilines is 2. The molecule has 3 rings (SSSR count). The summed E-state index contributed by atoms with van der Waals surface area (Å²) in [5.74, 6) is -0.101. The van der Waals surface area contributed by atoms with Gasteiger partial charge in [-0.25, -0.2) is 10.1 Å². The van der Waals surface area contributed by atoms with Crippen molar-refractivity contribution in [3.63, 3.8) is 0 Å². The molecule has 4 unspecified atom stereocenters. The molecule has 1 saturated heterocycles. The quantitative estimate of drug-likeness (QED) is 0.403. The fraction of sp³-hybridized carbons (Fsp3) is 0.625. The van der Waals surface area contributed by atoms with Gasteiger partial charge in [-0.2, -0.15) is 9.97 Å². The number of fused-ring (bicyclic) bond motifs is 1. The van der Waals surface area contributed by atoms with Crippen LogP contribution < -0.4 is 16.6 Å². The number of aromatic nitrogens is 4. The molecule has 0 spiro atoms. The third kappa shape index (κ3) is 5.21. The number of rotatable bonds is 8. The van der Waals surface area contributed by atoms with Gasteiger partial charge in [0.05, 0.1) is 25.1 Å². The maximum Gasteiger partial charge on any atom is 0.320 e. The highest BCUT2D eigenvalue weighted by molar-refractivity contribution is 7.36. The minimum Gasteiger partial charge on any atom is -0.462 e. The van der Waals surface area contributed by atoms with E-state index in [1.807, 2.05) is 6.92 Å². The van der Waals surface area contributed by atoms with Crippen molar-refractivity contribution in [3.05, 3.63) is 6.33 Å². The second kappa shape index (κ2) is 9.04. The van der Waals surface area contributed by atoms with Gasteiger partial charge >= 0.3 is 5.97 Å². The molecule has 12 nitrogen and oxygen atoms in total. The Labute approximate surface area is 168 Å². The molecule has 0 bridgehead atoms. The third-order valence-electron chi connectivity index (χ3n) is 4.34. The van der Waals surface area contributed by atoms with E-state index in [0.717, 1.165) is 0 Å². The smallest absolute Gasteiger partial charge is 0.320 e. The summed E-state index contributed by atoms with van der Waals surface area (Å²) in [6.07, 6.45) is 1.42. The topological polar surface area (TPSA) is 169 Å². The first kappa shape index (κ1) is 21.4. The highest BCUT2D eigenvalue weighted by atomic mass is 31.1. The van der Waals surface area contributed by atoms with Gasteiger partial charge < -0.3 is 25.5 Å². The van der Waals surface area contributed by atoms with Crippen LogP contribution in [0.2, 0.25) is 0 Å². The molecule has 1 aliphatic rings. The summed E-state index contributed by atoms with van der Waals surface area (Å²) >= 11 is 0. The second-order valence-electron chi connectivity index (χ2n) is 7.14. The molecule has 0 amide bonds. The Kier molecular flexibility index (Phi) is 6.68. The average Bonchev–Trinajstić information content (AvgIpc) is 3.20. The van der Waals surface area contributed by atoms with E-state index in [0.29, 0.717) is 17.6 Å². The molecule has 0 aromatic carbocycles. The first-order valence-corrected chi connectivity index (χ1v) is 10.6. The zero-order valence-corrected chi connectivity index (χ0v) is 17.5. The van der Waals surface area contributed by atoms with E-state index >= 15 is 0 Å². The summed E-state index contributed by atoms with van der Waals surface area (Å²) in [6.45, 7) is 5.45. The molecule has 1 fully saturated rings. The molecule has 13 heteroatoms. The second-order valence-corrected chi connectivity index (χ2v) is 8.36. The number of hydrogen-bond acceptors (Lipinski definition) is 10. The number of carbonyl (C=O) groups is 1. The van der Waals surface area contributed by atoms with E-state index in [1.54, 1.807) is 24.7 Å². The zero-order valence-electron chi connectivity index (χ0n) is 16.5. The minimum atomic E-state index is -2.59. The van der Waals surface area contributed by atoms with Crippen molar-refractivity contribution in [2.75, 3.05) is 24.6 Å². The van der Waals surface area contributed by atoms with Gasteiger partial charge in [-0.05, 0) is 20.3 Å². The van der Waals surface area contributed by atoms with Crippen molar-refractivity contribution < 1.29 is 23.4 Å². The van der Waals surface area contributed by atoms with Crippen LogP contribution in [-0.2, 0) is 23.4 Å². The normalized spacial score (nSPS) is 23.0. The lowest BCUT2D eigenvalue weighted by molar-refractivity contribution is -0.145. The van der Waals surface area contributed by atoms with Crippen LogP contribution in [0, 0.1) is 5.92 Å². The third-order valence-corrected chi connectivity index (χ3v) is 5.23. The number of nitrogens with two attached hydrogens (primary N) is 2. The molecule has 5 N–H and O–H groups in total. The molecule has 2 aromatic heterocycles. The summed E-state index contributed by atoms with van der Waals surface area (Å²) in [4.78, 5) is 23.8. The molecule has 1 aliphatic heterocycles. The van der Waals surface area contributed by atoms with Crippen molar-refractivity contribution >= 4 is 37.1 Å². The van der Waals surface area contributed by atoms with Crippen molar-refractivity contribution in [2.45, 2.75) is 45.6 Å². The Bertz CT molecular complexity index is 905. The van der Waals surface area contributed by atoms with Crippen molar-refractivity contribution in [2.24, 2.45) is 5.92 Å². The molecular weight excluding hydrogens is 401 g/mol. The summed E-state index contributed by atoms with van der Waals surface area (Å²) in [7, 11) is -2.59. The van der Waals surface area contributed by atoms with Crippen molar-refractivity contribution in [3.8, 4) is 0 Å². The highest BCUT2D eigenvalue weighted by Crippen LogP contribution is 2.37. The van der Waals surface area contributed by atoms with E-state index < -0.39 is 14.1 Å². The van der Waals surface area contributed by atoms with Gasteiger partial charge in [0, 0.05) is 5.92 Å². The average molecular weight is 427 g/mol. The van der Waals surface area contributed by atoms with E-state index in [4.69, 9.17) is 25.5 Å². The zero-order chi connectivity index (χ0) is 21.1. The number of imidazole rings is 1. The SMILES string of the molecule is CC(C)OC(=O)CN[PH](=O)OCC1CC(C)C(n2cnc3c(N)nc(N)nc32)O1. The van der Waals surface area contributed by atoms with E-state index in [1.165, 1.54) is 0 Å². The summed E-state index contributed by atoms with van der Waals surface area (Å²) in [5.41, 5.74) is 12.5. The van der Waals surface area contributed by atoms with Gasteiger partial charge in [-0.1, -0.05) is 6.92 Å². The number of carbonyl (C=O) groups excluding carboxylic acids is 1. The number of nitrogens with one attached hydrogen (secondary N) is 1. The molecule has 0 radical (unpaired) electrons. The van der Waals surface area contributed by atoms with Crippen LogP contribution in [0.4, 0.5) is 11.8 Å². The predicted octanol–water partition coefficient (Wildman–Crippen LogP) is 0.862. The molecule has 2 aromatic rings. The van der Waals surface area contributed by atoms with Gasteiger partial charge in [0.15, 0.2) is 11.5 Å². The highest BCUT2D eigenvalue weighted by Gasteiger charge is 2.35. The molecule has 29 heavy (non-hydrogen) atoms. The number of ether oxygens (including phenoxy) is 2. The molecular formula is C16H26N7O5P. The molecule has 4 atom stereocenters. The molecule has 160 valence electrons. The van der Waals surface area contributed by atoms with Gasteiger partial charge in [0.1, 0.15) is 18.3 Å². The number of nitrogen functional groups attached to an aromatic ring is 2. The lowest BCUT2D eigenvalue weighted by Gasteiger charge is -2.18. The minimum absolute atomic E-state index is 0.0583. The van der Waals surface area contributed by atoms with E-state index in [9.17, 15) is 9.36 Å². The Morgan fingerprint density at radius 1 is 1.45 bits per heavy atom. The molecule has 3 heterocycles. The number of nitrogens with zero attached hydrogens (tertiary/aromatic N) is 4. The fourth-order valence-electron chi connectivity index (χ4n) is 3.18. The number of hydrogen-bond donors (Lipinski definition) is 3. The lowest BCUT2D eigenvalue weighted by Crippen LogP contribution is -2.23. The van der Waals surface area contributed by atoms with Crippen LogP contribution >= 0.6 is 8.18 Å². The van der Waals surface area contributed by atoms with Crippen molar-refractivity contribution in [1.29, 1.82) is 0 Å². The standard InChI is InChI=1S/C16H26N7O5P/c1-8(2)27-11(24)5-20-29(25)26-6-10-4-9(3)15(28-10)23-7-19-12-13(17)21-16(18)22-14(12)23/h7-10,15,29H,4-6H2,1-3H3,(H,20,25)(H4,17,18,21,22). The Hall–Kier alpha value is -2.27. The Balaban J connectivity index is 1.55. The van der Waals surface area contributed by atoms with Crippen LogP contribution in [0.15, 0.2) is 6.33 Å². The maximum atomic E-state index is 12.0. The first-order valence-electron chi connectivity index (χ1n) is 9.25. The molecule has 0 saturated carbocycles. The monoisotopic (exact) mass is 427 g/mol. The van der Waals surface area contributed by atoms with Gasteiger partial charge in [-0.15, -0.1) is 0 Å². The first-order chi connectivity index (χ1) is 13.7. The van der Waals surface area contributed by atoms with Crippen LogP contribution in [-0.4, -0.2) is 50.8 Å². The van der Waals surface area contributed by atoms with Crippen LogP contribution in [0.1, 0.15) is 33.4 Å². The van der Waals surface area contributed by atoms with E-state index in [2.05, 4.69) is 20.0 Å². The largest absolute Gasteiger partial charge is 0.462 e. The Morgan fingerprint density at radius 2 is 2.21 bits per heavy atom. The predicted molar refractivity (Wildman–Crippen MR) is 106 cm³/mol. The molecule has 0 aliphatic carbocycles. The van der Waals surface area contributed by atoms with Crippen molar-refractivity contribution in [1.82, 2.24) is 24.6 Å². The maximum absolute atomic E-state index is 12.0. The van der Waals surface area contributed by atoms with E-state index in [-0.39, 0.29) is 49.3 Å². The Morgan fingerprint density at radius 3 is 2.93 bits per heavy atom. The van der Waals surface area contributed by atoms with Crippen LogP contribution in [0.3, 0.4) is 0 Å². The van der Waals surface area contributed by atoms with Gasteiger partial charge in [0.25, 0.3) is 8.18 Å². The number of esters is 1. The van der Waals surface area contributed by atoms with Crippen LogP contribution in [0.25, 0.3) is 11.2 Å². The summed E-state index contributed by atoms with van der Waals surface area (Å²) in [5, 5.41) is 2.53. The van der Waals surface area contributed by atoms with Gasteiger partial charge in [0.2, 0.25) is 5.95 Å². The van der Waals surface area contributed by atoms with Gasteiger partial charge in [-0.3, -0.25) is 13.9 Å². The summed E-state index contributed by atoms with van der Waals surface area (Å²) < 4.78 is 30.1.